The Morgan fingerprint density at radius 1 is 1.33 bits per heavy atom. The summed E-state index contributed by atoms with van der Waals surface area (Å²) < 4.78 is 39.8. The van der Waals surface area contributed by atoms with E-state index in [2.05, 4.69) is 10.3 Å². The van der Waals surface area contributed by atoms with Gasteiger partial charge in [0.05, 0.1) is 0 Å². The number of carbonyl (C=O) groups excluding carboxylic acids is 1. The minimum absolute atomic E-state index is 0. The lowest BCUT2D eigenvalue weighted by Crippen LogP contribution is -2.18. The van der Waals surface area contributed by atoms with Gasteiger partial charge in [-0.1, -0.05) is 6.07 Å². The summed E-state index contributed by atoms with van der Waals surface area (Å²) in [5.41, 5.74) is 0.459. The molecule has 0 saturated carbocycles. The minimum atomic E-state index is -2.72. The molecule has 2 rings (SSSR count). The Kier molecular flexibility index (Phi) is 4.26. The molecule has 0 fully saturated rings. The molecule has 3 nitrogen and oxygen atoms in total. The summed E-state index contributed by atoms with van der Waals surface area (Å²) in [5.74, 6) is -0.949. The fourth-order valence-electron chi connectivity index (χ4n) is 1.95. The molecule has 0 bridgehead atoms. The number of rotatable bonds is 3. The monoisotopic (exact) mass is 296 g/mol. The van der Waals surface area contributed by atoms with E-state index >= 15 is 0 Å². The van der Waals surface area contributed by atoms with Crippen molar-refractivity contribution in [2.45, 2.75) is 13.3 Å². The molecule has 1 N–H and O–H groups in total. The Morgan fingerprint density at radius 2 is 2.05 bits per heavy atom. The number of amides is 1. The van der Waals surface area contributed by atoms with Crippen molar-refractivity contribution in [3.8, 4) is 11.1 Å². The molecule has 0 radical (unpaired) electrons. The minimum Gasteiger partial charge on any atom is -0.354 e. The molecule has 0 saturated heterocycles. The standard InChI is InChI=1S/C15H13F3N2O.H2/c1-8-5-11(14(17)18)10(6-12(8)16)9-3-4-13(20-7-9)15(21)19-2;/h3-7,14H,1-2H3,(H,19,21);1H. The van der Waals surface area contributed by atoms with E-state index in [4.69, 9.17) is 0 Å². The molecule has 2 aromatic rings. The molecular weight excluding hydrogens is 281 g/mol. The maximum atomic E-state index is 13.6. The van der Waals surface area contributed by atoms with Gasteiger partial charge in [-0.15, -0.1) is 0 Å². The molecule has 112 valence electrons. The van der Waals surface area contributed by atoms with E-state index in [-0.39, 0.29) is 29.7 Å². The van der Waals surface area contributed by atoms with Gasteiger partial charge in [-0.2, -0.15) is 0 Å². The van der Waals surface area contributed by atoms with Gasteiger partial charge in [-0.3, -0.25) is 9.78 Å². The van der Waals surface area contributed by atoms with Crippen molar-refractivity contribution < 1.29 is 19.4 Å². The van der Waals surface area contributed by atoms with Crippen LogP contribution in [0.3, 0.4) is 0 Å². The van der Waals surface area contributed by atoms with E-state index in [1.54, 1.807) is 0 Å². The number of carbonyl (C=O) groups is 1. The molecule has 0 unspecified atom stereocenters. The predicted octanol–water partition coefficient (Wildman–Crippen LogP) is 3.74. The van der Waals surface area contributed by atoms with Gasteiger partial charge in [0.1, 0.15) is 11.5 Å². The SMILES string of the molecule is CNC(=O)c1ccc(-c2cc(F)c(C)cc2C(F)F)cn1.[HH]. The molecule has 0 spiro atoms. The van der Waals surface area contributed by atoms with Crippen molar-refractivity contribution in [1.29, 1.82) is 0 Å². The Hall–Kier alpha value is -2.37. The lowest BCUT2D eigenvalue weighted by atomic mass is 9.98. The van der Waals surface area contributed by atoms with Crippen molar-refractivity contribution in [3.05, 3.63) is 53.1 Å². The Labute approximate surface area is 121 Å². The predicted molar refractivity (Wildman–Crippen MR) is 74.8 cm³/mol. The average molecular weight is 296 g/mol. The summed E-state index contributed by atoms with van der Waals surface area (Å²) >= 11 is 0. The normalized spacial score (nSPS) is 10.8. The van der Waals surface area contributed by atoms with Crippen LogP contribution < -0.4 is 5.32 Å². The Morgan fingerprint density at radius 3 is 2.57 bits per heavy atom. The first-order valence-electron chi connectivity index (χ1n) is 6.20. The maximum absolute atomic E-state index is 13.6. The average Bonchev–Trinajstić information content (AvgIpc) is 2.48. The zero-order chi connectivity index (χ0) is 15.6. The number of aromatic nitrogens is 1. The molecule has 0 atom stereocenters. The molecule has 1 heterocycles. The summed E-state index contributed by atoms with van der Waals surface area (Å²) in [5, 5.41) is 2.41. The van der Waals surface area contributed by atoms with E-state index in [0.29, 0.717) is 5.56 Å². The fourth-order valence-corrected chi connectivity index (χ4v) is 1.95. The summed E-state index contributed by atoms with van der Waals surface area (Å²) in [6, 6.07) is 5.06. The van der Waals surface area contributed by atoms with Gasteiger partial charge in [-0.25, -0.2) is 13.2 Å². The highest BCUT2D eigenvalue weighted by molar-refractivity contribution is 5.92. The Balaban J connectivity index is 0.00000242. The number of hydrogen-bond acceptors (Lipinski definition) is 2. The second-order valence-corrected chi connectivity index (χ2v) is 4.50. The lowest BCUT2D eigenvalue weighted by Gasteiger charge is -2.11. The molecule has 6 heteroatoms. The largest absolute Gasteiger partial charge is 0.354 e. The van der Waals surface area contributed by atoms with Gasteiger partial charge in [-0.05, 0) is 36.2 Å². The number of pyridine rings is 1. The summed E-state index contributed by atoms with van der Waals surface area (Å²) in [6.45, 7) is 1.43. The molecule has 0 aliphatic rings. The van der Waals surface area contributed by atoms with Crippen LogP contribution in [-0.4, -0.2) is 17.9 Å². The third-order valence-electron chi connectivity index (χ3n) is 3.10. The van der Waals surface area contributed by atoms with Crippen LogP contribution >= 0.6 is 0 Å². The van der Waals surface area contributed by atoms with Crippen LogP contribution in [0.15, 0.2) is 30.5 Å². The first-order chi connectivity index (χ1) is 9.93. The molecule has 1 aromatic carbocycles. The van der Waals surface area contributed by atoms with Crippen molar-refractivity contribution in [1.82, 2.24) is 10.3 Å². The topological polar surface area (TPSA) is 42.0 Å². The van der Waals surface area contributed by atoms with Crippen LogP contribution in [0.4, 0.5) is 13.2 Å². The van der Waals surface area contributed by atoms with Gasteiger partial charge in [0, 0.05) is 25.8 Å². The molecule has 1 aromatic heterocycles. The van der Waals surface area contributed by atoms with E-state index in [1.165, 1.54) is 32.3 Å². The van der Waals surface area contributed by atoms with Crippen LogP contribution in [-0.2, 0) is 0 Å². The fraction of sp³-hybridized carbons (Fsp3) is 0.200. The molecule has 0 aliphatic carbocycles. The van der Waals surface area contributed by atoms with E-state index in [9.17, 15) is 18.0 Å². The van der Waals surface area contributed by atoms with Crippen LogP contribution in [0, 0.1) is 12.7 Å². The highest BCUT2D eigenvalue weighted by Gasteiger charge is 2.17. The molecular formula is C15H15F3N2O. The van der Waals surface area contributed by atoms with E-state index in [0.717, 1.165) is 12.1 Å². The van der Waals surface area contributed by atoms with Crippen molar-refractivity contribution in [2.75, 3.05) is 7.05 Å². The number of aryl methyl sites for hydroxylation is 1. The second-order valence-electron chi connectivity index (χ2n) is 4.50. The van der Waals surface area contributed by atoms with Gasteiger partial charge in [0.15, 0.2) is 0 Å². The Bertz CT molecular complexity index is 675. The van der Waals surface area contributed by atoms with Crippen molar-refractivity contribution >= 4 is 5.91 Å². The summed E-state index contributed by atoms with van der Waals surface area (Å²) in [6.07, 6.45) is -1.45. The first-order valence-corrected chi connectivity index (χ1v) is 6.20. The number of halogens is 3. The lowest BCUT2D eigenvalue weighted by molar-refractivity contribution is 0.0958. The quantitative estimate of drug-likeness (QED) is 0.937. The highest BCUT2D eigenvalue weighted by atomic mass is 19.3. The van der Waals surface area contributed by atoms with Gasteiger partial charge in [0.2, 0.25) is 0 Å². The summed E-state index contributed by atoms with van der Waals surface area (Å²) in [4.78, 5) is 15.3. The molecule has 21 heavy (non-hydrogen) atoms. The number of nitrogens with zero attached hydrogens (tertiary/aromatic N) is 1. The molecule has 0 aliphatic heterocycles. The second kappa shape index (κ2) is 5.95. The third-order valence-corrected chi connectivity index (χ3v) is 3.10. The zero-order valence-electron chi connectivity index (χ0n) is 11.5. The van der Waals surface area contributed by atoms with Gasteiger partial charge < -0.3 is 5.32 Å². The number of alkyl halides is 2. The maximum Gasteiger partial charge on any atom is 0.269 e. The van der Waals surface area contributed by atoms with Crippen molar-refractivity contribution in [2.24, 2.45) is 0 Å². The number of nitrogens with one attached hydrogen (secondary N) is 1. The van der Waals surface area contributed by atoms with Crippen LogP contribution in [0.25, 0.3) is 11.1 Å². The number of benzene rings is 1. The van der Waals surface area contributed by atoms with Crippen LogP contribution in [0.1, 0.15) is 29.5 Å². The van der Waals surface area contributed by atoms with Gasteiger partial charge in [0.25, 0.3) is 12.3 Å². The molecule has 1 amide bonds. The smallest absolute Gasteiger partial charge is 0.269 e. The van der Waals surface area contributed by atoms with Crippen LogP contribution in [0.5, 0.6) is 0 Å². The van der Waals surface area contributed by atoms with Crippen LogP contribution in [0.2, 0.25) is 0 Å². The van der Waals surface area contributed by atoms with E-state index < -0.39 is 12.2 Å². The third kappa shape index (κ3) is 3.04. The van der Waals surface area contributed by atoms with E-state index in [1.807, 2.05) is 0 Å². The van der Waals surface area contributed by atoms with Gasteiger partial charge >= 0.3 is 0 Å². The van der Waals surface area contributed by atoms with Crippen molar-refractivity contribution in [3.63, 3.8) is 0 Å². The highest BCUT2D eigenvalue weighted by Crippen LogP contribution is 2.32. The number of hydrogen-bond donors (Lipinski definition) is 1. The zero-order valence-corrected chi connectivity index (χ0v) is 11.5. The first kappa shape index (κ1) is 15.0. The summed E-state index contributed by atoms with van der Waals surface area (Å²) in [7, 11) is 1.46.